The molecule has 0 unspecified atom stereocenters. The predicted molar refractivity (Wildman–Crippen MR) is 149 cm³/mol. The summed E-state index contributed by atoms with van der Waals surface area (Å²) >= 11 is 0. The maximum Gasteiger partial charge on any atom is 0.0813 e. The average Bonchev–Trinajstić information content (AvgIpc) is 2.85. The second-order valence-electron chi connectivity index (χ2n) is 10.5. The molecule has 0 spiro atoms. The number of hydrogen-bond donors (Lipinski definition) is 2. The van der Waals surface area contributed by atoms with Crippen LogP contribution in [-0.4, -0.2) is 43.7 Å². The first-order valence-electron chi connectivity index (χ1n) is 15.3. The van der Waals surface area contributed by atoms with Crippen LogP contribution in [0.3, 0.4) is 0 Å². The zero-order valence-corrected chi connectivity index (χ0v) is 23.4. The minimum Gasteiger partial charge on any atom is -0.388 e. The summed E-state index contributed by atoms with van der Waals surface area (Å²) in [4.78, 5) is 0. The van der Waals surface area contributed by atoms with Gasteiger partial charge in [0.15, 0.2) is 0 Å². The van der Waals surface area contributed by atoms with E-state index < -0.39 is 5.60 Å². The Kier molecular flexibility index (Phi) is 27.3. The summed E-state index contributed by atoms with van der Waals surface area (Å²) in [6, 6.07) is 0. The van der Waals surface area contributed by atoms with E-state index in [2.05, 4.69) is 13.8 Å². The number of nitrogens with two attached hydrogens (primary N) is 1. The van der Waals surface area contributed by atoms with E-state index in [9.17, 15) is 5.11 Å². The van der Waals surface area contributed by atoms with E-state index in [0.29, 0.717) is 26.1 Å². The molecule has 0 aliphatic rings. The van der Waals surface area contributed by atoms with Gasteiger partial charge in [0.25, 0.3) is 0 Å². The topological polar surface area (TPSA) is 64.7 Å². The van der Waals surface area contributed by atoms with Crippen molar-refractivity contribution in [3.8, 4) is 0 Å². The Labute approximate surface area is 214 Å². The van der Waals surface area contributed by atoms with Crippen LogP contribution in [0.25, 0.3) is 0 Å². The van der Waals surface area contributed by atoms with Crippen molar-refractivity contribution in [1.29, 1.82) is 0 Å². The summed E-state index contributed by atoms with van der Waals surface area (Å²) in [6.07, 6.45) is 28.0. The molecule has 0 atom stereocenters. The normalized spacial score (nSPS) is 12.0. The van der Waals surface area contributed by atoms with Crippen LogP contribution in [0.15, 0.2) is 0 Å². The van der Waals surface area contributed by atoms with E-state index in [4.69, 9.17) is 15.2 Å². The van der Waals surface area contributed by atoms with E-state index in [1.807, 2.05) is 0 Å². The first-order chi connectivity index (χ1) is 16.7. The SMILES string of the molecule is CCCCCCCCCCCCOCCC(O)(CN)CCOCCCCCCCCCCCC. The molecule has 34 heavy (non-hydrogen) atoms. The van der Waals surface area contributed by atoms with Gasteiger partial charge >= 0.3 is 0 Å². The summed E-state index contributed by atoms with van der Waals surface area (Å²) in [5, 5.41) is 10.7. The van der Waals surface area contributed by atoms with E-state index in [1.165, 1.54) is 116 Å². The molecule has 0 rings (SSSR count). The summed E-state index contributed by atoms with van der Waals surface area (Å²) in [7, 11) is 0. The third-order valence-electron chi connectivity index (χ3n) is 7.09. The standard InChI is InChI=1S/C30H63NO3/c1-3-5-7-9-11-13-15-17-19-21-25-33-27-23-30(32,29-31)24-28-34-26-22-20-18-16-14-12-10-8-6-4-2/h32H,3-29,31H2,1-2H3. The van der Waals surface area contributed by atoms with Crippen LogP contribution in [0.5, 0.6) is 0 Å². The summed E-state index contributed by atoms with van der Waals surface area (Å²) in [5.41, 5.74) is 4.99. The van der Waals surface area contributed by atoms with E-state index in [0.717, 1.165) is 26.1 Å². The molecule has 0 amide bonds. The maximum absolute atomic E-state index is 10.7. The van der Waals surface area contributed by atoms with Crippen molar-refractivity contribution in [2.45, 2.75) is 161 Å². The zero-order valence-electron chi connectivity index (χ0n) is 23.4. The zero-order chi connectivity index (χ0) is 25.0. The largest absolute Gasteiger partial charge is 0.388 e. The Morgan fingerprint density at radius 3 is 1.06 bits per heavy atom. The molecule has 0 saturated heterocycles. The fourth-order valence-corrected chi connectivity index (χ4v) is 4.44. The summed E-state index contributed by atoms with van der Waals surface area (Å²) in [6.45, 7) is 7.59. The fraction of sp³-hybridized carbons (Fsp3) is 1.00. The van der Waals surface area contributed by atoms with Crippen LogP contribution in [0.4, 0.5) is 0 Å². The van der Waals surface area contributed by atoms with Gasteiger partial charge in [-0.3, -0.25) is 0 Å². The van der Waals surface area contributed by atoms with Gasteiger partial charge in [0.2, 0.25) is 0 Å². The van der Waals surface area contributed by atoms with Gasteiger partial charge in [0.05, 0.1) is 5.60 Å². The first kappa shape index (κ1) is 33.8. The molecule has 0 saturated carbocycles. The monoisotopic (exact) mass is 485 g/mol. The molecule has 3 N–H and O–H groups in total. The van der Waals surface area contributed by atoms with E-state index >= 15 is 0 Å². The summed E-state index contributed by atoms with van der Waals surface area (Å²) in [5.74, 6) is 0. The minimum absolute atomic E-state index is 0.274. The number of unbranched alkanes of at least 4 members (excludes halogenated alkanes) is 18. The molecule has 0 aliphatic carbocycles. The van der Waals surface area contributed by atoms with Gasteiger partial charge in [-0.2, -0.15) is 0 Å². The molecule has 0 bridgehead atoms. The van der Waals surface area contributed by atoms with Crippen molar-refractivity contribution in [2.24, 2.45) is 5.73 Å². The Bertz CT molecular complexity index is 348. The number of hydrogen-bond acceptors (Lipinski definition) is 4. The fourth-order valence-electron chi connectivity index (χ4n) is 4.44. The highest BCUT2D eigenvalue weighted by Gasteiger charge is 2.24. The quantitative estimate of drug-likeness (QED) is 0.104. The number of rotatable bonds is 29. The second kappa shape index (κ2) is 27.4. The van der Waals surface area contributed by atoms with Crippen LogP contribution in [0, 0.1) is 0 Å². The van der Waals surface area contributed by atoms with Crippen LogP contribution in [0.2, 0.25) is 0 Å². The van der Waals surface area contributed by atoms with Crippen LogP contribution in [0.1, 0.15) is 155 Å². The molecule has 4 nitrogen and oxygen atoms in total. The van der Waals surface area contributed by atoms with Crippen LogP contribution < -0.4 is 5.73 Å². The Morgan fingerprint density at radius 1 is 0.471 bits per heavy atom. The van der Waals surface area contributed by atoms with Crippen molar-refractivity contribution < 1.29 is 14.6 Å². The lowest BCUT2D eigenvalue weighted by molar-refractivity contribution is -0.0214. The molecule has 0 aliphatic heterocycles. The molecular formula is C30H63NO3. The molecule has 0 aromatic rings. The lowest BCUT2D eigenvalue weighted by atomic mass is 9.96. The first-order valence-corrected chi connectivity index (χ1v) is 15.3. The smallest absolute Gasteiger partial charge is 0.0813 e. The third kappa shape index (κ3) is 24.9. The van der Waals surface area contributed by atoms with Gasteiger partial charge < -0.3 is 20.3 Å². The Morgan fingerprint density at radius 2 is 0.765 bits per heavy atom. The Hall–Kier alpha value is -0.160. The van der Waals surface area contributed by atoms with E-state index in [1.54, 1.807) is 0 Å². The van der Waals surface area contributed by atoms with Crippen molar-refractivity contribution in [1.82, 2.24) is 0 Å². The van der Waals surface area contributed by atoms with Gasteiger partial charge in [-0.1, -0.05) is 129 Å². The maximum atomic E-state index is 10.7. The highest BCUT2D eigenvalue weighted by Crippen LogP contribution is 2.16. The predicted octanol–water partition coefficient (Wildman–Crippen LogP) is 8.33. The molecule has 0 aromatic heterocycles. The third-order valence-corrected chi connectivity index (χ3v) is 7.09. The molecule has 0 heterocycles. The molecule has 0 aromatic carbocycles. The average molecular weight is 486 g/mol. The van der Waals surface area contributed by atoms with Crippen LogP contribution in [-0.2, 0) is 9.47 Å². The van der Waals surface area contributed by atoms with Crippen molar-refractivity contribution >= 4 is 0 Å². The van der Waals surface area contributed by atoms with Crippen molar-refractivity contribution in [2.75, 3.05) is 33.0 Å². The van der Waals surface area contributed by atoms with Gasteiger partial charge in [0.1, 0.15) is 0 Å². The highest BCUT2D eigenvalue weighted by atomic mass is 16.5. The lowest BCUT2D eigenvalue weighted by Gasteiger charge is -2.26. The minimum atomic E-state index is -0.852. The van der Waals surface area contributed by atoms with Crippen molar-refractivity contribution in [3.05, 3.63) is 0 Å². The van der Waals surface area contributed by atoms with Gasteiger partial charge in [-0.05, 0) is 12.8 Å². The van der Waals surface area contributed by atoms with Gasteiger partial charge in [0, 0.05) is 45.8 Å². The molecule has 0 fully saturated rings. The highest BCUT2D eigenvalue weighted by molar-refractivity contribution is 4.79. The summed E-state index contributed by atoms with van der Waals surface area (Å²) < 4.78 is 11.5. The number of ether oxygens (including phenoxy) is 2. The van der Waals surface area contributed by atoms with Gasteiger partial charge in [-0.15, -0.1) is 0 Å². The molecular weight excluding hydrogens is 422 g/mol. The second-order valence-corrected chi connectivity index (χ2v) is 10.5. The van der Waals surface area contributed by atoms with E-state index in [-0.39, 0.29) is 6.54 Å². The van der Waals surface area contributed by atoms with Gasteiger partial charge in [-0.25, -0.2) is 0 Å². The Balaban J connectivity index is 3.42. The lowest BCUT2D eigenvalue weighted by Crippen LogP contribution is -2.40. The molecule has 0 radical (unpaired) electrons. The number of aliphatic hydroxyl groups is 1. The molecule has 206 valence electrons. The van der Waals surface area contributed by atoms with Crippen molar-refractivity contribution in [3.63, 3.8) is 0 Å². The van der Waals surface area contributed by atoms with Crippen LogP contribution >= 0.6 is 0 Å². The molecule has 4 heteroatoms.